The largest absolute Gasteiger partial charge is 0.398 e. The van der Waals surface area contributed by atoms with Crippen LogP contribution >= 0.6 is 0 Å². The topological polar surface area (TPSA) is 29.3 Å². The summed E-state index contributed by atoms with van der Waals surface area (Å²) in [6, 6.07) is 46.8. The fraction of sp³-hybridized carbons (Fsp3) is 0. The summed E-state index contributed by atoms with van der Waals surface area (Å²) in [5, 5.41) is 4.68. The summed E-state index contributed by atoms with van der Waals surface area (Å²) < 4.78 is 0. The average molecular weight is 437 g/mol. The third-order valence-electron chi connectivity index (χ3n) is 6.36. The molecular formula is C32H24N2. The van der Waals surface area contributed by atoms with E-state index < -0.39 is 0 Å². The summed E-state index contributed by atoms with van der Waals surface area (Å²) in [6.07, 6.45) is 0. The van der Waals surface area contributed by atoms with Crippen molar-refractivity contribution in [2.24, 2.45) is 0 Å². The normalized spacial score (nSPS) is 11.1. The first kappa shape index (κ1) is 20.1. The van der Waals surface area contributed by atoms with Crippen LogP contribution in [0, 0.1) is 0 Å². The van der Waals surface area contributed by atoms with Gasteiger partial charge in [0.15, 0.2) is 0 Å². The highest BCUT2D eigenvalue weighted by Gasteiger charge is 2.13. The van der Waals surface area contributed by atoms with Crippen molar-refractivity contribution < 1.29 is 0 Å². The molecule has 0 amide bonds. The zero-order chi connectivity index (χ0) is 22.9. The molecule has 6 aromatic carbocycles. The maximum absolute atomic E-state index is 6.37. The highest BCUT2D eigenvalue weighted by atomic mass is 15.1. The first-order valence-corrected chi connectivity index (χ1v) is 11.5. The van der Waals surface area contributed by atoms with E-state index in [-0.39, 0.29) is 0 Å². The van der Waals surface area contributed by atoms with Gasteiger partial charge in [-0.2, -0.15) is 0 Å². The van der Waals surface area contributed by atoms with Crippen molar-refractivity contribution in [1.29, 1.82) is 0 Å². The van der Waals surface area contributed by atoms with Gasteiger partial charge < -0.3 is 10.6 Å². The van der Waals surface area contributed by atoms with Gasteiger partial charge in [0.25, 0.3) is 0 Å². The van der Waals surface area contributed by atoms with Crippen molar-refractivity contribution in [3.05, 3.63) is 133 Å². The molecule has 6 aromatic rings. The number of fused-ring (bicyclic) bond motifs is 2. The number of nitrogens with two attached hydrogens (primary N) is 1. The van der Waals surface area contributed by atoms with Gasteiger partial charge >= 0.3 is 0 Å². The summed E-state index contributed by atoms with van der Waals surface area (Å²) in [7, 11) is 0. The molecule has 0 bridgehead atoms. The molecule has 0 saturated heterocycles. The van der Waals surface area contributed by atoms with E-state index in [1.54, 1.807) is 0 Å². The smallest absolute Gasteiger partial charge is 0.0468 e. The number of anilines is 4. The lowest BCUT2D eigenvalue weighted by atomic mass is 9.95. The van der Waals surface area contributed by atoms with E-state index in [0.29, 0.717) is 0 Å². The van der Waals surface area contributed by atoms with Crippen molar-refractivity contribution in [3.63, 3.8) is 0 Å². The molecule has 0 atom stereocenters. The number of hydrogen-bond acceptors (Lipinski definition) is 2. The summed E-state index contributed by atoms with van der Waals surface area (Å²) in [6.45, 7) is 0. The molecule has 34 heavy (non-hydrogen) atoms. The second-order valence-electron chi connectivity index (χ2n) is 8.50. The Bertz CT molecular complexity index is 1560. The van der Waals surface area contributed by atoms with Crippen LogP contribution in [0.25, 0.3) is 32.7 Å². The number of nitrogen functional groups attached to an aromatic ring is 1. The number of para-hydroxylation sites is 2. The minimum absolute atomic E-state index is 0.810. The zero-order valence-electron chi connectivity index (χ0n) is 18.7. The molecule has 0 aliphatic carbocycles. The second kappa shape index (κ2) is 8.42. The molecule has 0 aliphatic rings. The van der Waals surface area contributed by atoms with Crippen LogP contribution in [0.4, 0.5) is 22.7 Å². The lowest BCUT2D eigenvalue weighted by molar-refractivity contribution is 1.29. The highest BCUT2D eigenvalue weighted by molar-refractivity contribution is 6.05. The number of rotatable bonds is 4. The van der Waals surface area contributed by atoms with Crippen LogP contribution in [0.3, 0.4) is 0 Å². The van der Waals surface area contributed by atoms with Gasteiger partial charge in [-0.25, -0.2) is 0 Å². The van der Waals surface area contributed by atoms with Crippen molar-refractivity contribution >= 4 is 44.3 Å². The summed E-state index contributed by atoms with van der Waals surface area (Å²) in [5.41, 5.74) is 12.9. The van der Waals surface area contributed by atoms with Crippen molar-refractivity contribution in [2.75, 3.05) is 10.6 Å². The van der Waals surface area contributed by atoms with Crippen molar-refractivity contribution in [1.82, 2.24) is 0 Å². The summed E-state index contributed by atoms with van der Waals surface area (Å²) in [5.74, 6) is 0. The molecule has 2 N–H and O–H groups in total. The van der Waals surface area contributed by atoms with Crippen LogP contribution in [0.1, 0.15) is 0 Å². The van der Waals surface area contributed by atoms with E-state index in [9.17, 15) is 0 Å². The molecule has 2 nitrogen and oxygen atoms in total. The van der Waals surface area contributed by atoms with Crippen molar-refractivity contribution in [3.8, 4) is 11.1 Å². The Hall–Kier alpha value is -4.56. The van der Waals surface area contributed by atoms with Crippen LogP contribution in [0.15, 0.2) is 133 Å². The SMILES string of the molecule is Nc1cccc2cccc(-c3ccc4cc(N(c5ccccc5)c5ccccc5)ccc4c3)c12. The van der Waals surface area contributed by atoms with Gasteiger partial charge in [-0.3, -0.25) is 0 Å². The lowest BCUT2D eigenvalue weighted by Crippen LogP contribution is -2.09. The van der Waals surface area contributed by atoms with E-state index in [1.165, 1.54) is 16.3 Å². The van der Waals surface area contributed by atoms with Gasteiger partial charge in [0.1, 0.15) is 0 Å². The number of nitrogens with zero attached hydrogens (tertiary/aromatic N) is 1. The molecule has 0 fully saturated rings. The number of hydrogen-bond donors (Lipinski definition) is 1. The fourth-order valence-electron chi connectivity index (χ4n) is 4.75. The van der Waals surface area contributed by atoms with E-state index in [2.05, 4.69) is 126 Å². The van der Waals surface area contributed by atoms with Gasteiger partial charge in [-0.1, -0.05) is 84.9 Å². The Kier molecular flexibility index (Phi) is 4.97. The van der Waals surface area contributed by atoms with Crippen LogP contribution in [-0.4, -0.2) is 0 Å². The molecular weight excluding hydrogens is 412 g/mol. The average Bonchev–Trinajstić information content (AvgIpc) is 2.90. The Balaban J connectivity index is 1.47. The minimum atomic E-state index is 0.810. The van der Waals surface area contributed by atoms with Crippen molar-refractivity contribution in [2.45, 2.75) is 0 Å². The molecule has 0 aliphatic heterocycles. The lowest BCUT2D eigenvalue weighted by Gasteiger charge is -2.25. The molecule has 0 aromatic heterocycles. The quantitative estimate of drug-likeness (QED) is 0.280. The standard InChI is InChI=1S/C32H24N2/c33-31-16-8-10-23-9-7-15-30(32(23)31)26-18-17-25-22-29(20-19-24(25)21-26)34(27-11-3-1-4-12-27)28-13-5-2-6-14-28/h1-22H,33H2. The van der Waals surface area contributed by atoms with Gasteiger partial charge in [0, 0.05) is 28.1 Å². The zero-order valence-corrected chi connectivity index (χ0v) is 18.7. The van der Waals surface area contributed by atoms with Crippen LogP contribution in [0.5, 0.6) is 0 Å². The molecule has 6 rings (SSSR count). The van der Waals surface area contributed by atoms with Crippen LogP contribution in [-0.2, 0) is 0 Å². The van der Waals surface area contributed by atoms with E-state index in [0.717, 1.165) is 39.1 Å². The molecule has 0 unspecified atom stereocenters. The molecule has 0 radical (unpaired) electrons. The Morgan fingerprint density at radius 3 is 1.76 bits per heavy atom. The second-order valence-corrected chi connectivity index (χ2v) is 8.50. The van der Waals surface area contributed by atoms with Crippen LogP contribution in [0.2, 0.25) is 0 Å². The molecule has 2 heteroatoms. The minimum Gasteiger partial charge on any atom is -0.398 e. The van der Waals surface area contributed by atoms with Gasteiger partial charge in [0.05, 0.1) is 0 Å². The Morgan fingerprint density at radius 1 is 0.441 bits per heavy atom. The highest BCUT2D eigenvalue weighted by Crippen LogP contribution is 2.38. The third-order valence-corrected chi connectivity index (χ3v) is 6.36. The molecule has 0 spiro atoms. The monoisotopic (exact) mass is 436 g/mol. The molecule has 162 valence electrons. The molecule has 0 heterocycles. The predicted molar refractivity (Wildman–Crippen MR) is 146 cm³/mol. The number of benzene rings is 6. The first-order valence-electron chi connectivity index (χ1n) is 11.5. The Labute approximate surface area is 199 Å². The maximum atomic E-state index is 6.37. The van der Waals surface area contributed by atoms with E-state index in [4.69, 9.17) is 5.73 Å². The summed E-state index contributed by atoms with van der Waals surface area (Å²) >= 11 is 0. The Morgan fingerprint density at radius 2 is 1.06 bits per heavy atom. The third kappa shape index (κ3) is 3.56. The van der Waals surface area contributed by atoms with Gasteiger partial charge in [-0.05, 0) is 75.8 Å². The maximum Gasteiger partial charge on any atom is 0.0468 e. The van der Waals surface area contributed by atoms with E-state index in [1.807, 2.05) is 12.1 Å². The summed E-state index contributed by atoms with van der Waals surface area (Å²) in [4.78, 5) is 2.29. The van der Waals surface area contributed by atoms with Gasteiger partial charge in [-0.15, -0.1) is 0 Å². The fourth-order valence-corrected chi connectivity index (χ4v) is 4.75. The predicted octanol–water partition coefficient (Wildman–Crippen LogP) is 8.71. The first-order chi connectivity index (χ1) is 16.8. The van der Waals surface area contributed by atoms with E-state index >= 15 is 0 Å². The van der Waals surface area contributed by atoms with Gasteiger partial charge in [0.2, 0.25) is 0 Å². The molecule has 0 saturated carbocycles. The van der Waals surface area contributed by atoms with Crippen LogP contribution < -0.4 is 10.6 Å².